The second kappa shape index (κ2) is 8.12. The van der Waals surface area contributed by atoms with Gasteiger partial charge in [0.2, 0.25) is 5.95 Å². The minimum absolute atomic E-state index is 0.124. The number of fused-ring (bicyclic) bond motifs is 1. The van der Waals surface area contributed by atoms with E-state index < -0.39 is 5.97 Å². The Bertz CT molecular complexity index is 883. The molecule has 3 rings (SSSR count). The predicted molar refractivity (Wildman–Crippen MR) is 104 cm³/mol. The molecular weight excluding hydrogens is 360 g/mol. The smallest absolute Gasteiger partial charge is 0.306 e. The van der Waals surface area contributed by atoms with E-state index in [1.807, 2.05) is 32.6 Å². The number of amides is 1. The molecule has 1 amide bonds. The van der Waals surface area contributed by atoms with Gasteiger partial charge in [-0.25, -0.2) is 4.98 Å². The Morgan fingerprint density at radius 2 is 1.86 bits per heavy atom. The molecule has 2 N–H and O–H groups in total. The predicted octanol–water partition coefficient (Wildman–Crippen LogP) is 1.59. The van der Waals surface area contributed by atoms with Crippen molar-refractivity contribution in [3.8, 4) is 0 Å². The van der Waals surface area contributed by atoms with E-state index in [0.717, 1.165) is 36.2 Å². The molecule has 0 radical (unpaired) electrons. The minimum atomic E-state index is -0.400. The molecule has 1 fully saturated rings. The van der Waals surface area contributed by atoms with Gasteiger partial charge in [0.15, 0.2) is 6.61 Å². The number of piperidine rings is 1. The molecule has 3 heterocycles. The van der Waals surface area contributed by atoms with Crippen LogP contribution in [0.2, 0.25) is 0 Å². The normalized spacial score (nSPS) is 19.8. The summed E-state index contributed by atoms with van der Waals surface area (Å²) in [5.74, 6) is 0.0738. The van der Waals surface area contributed by atoms with E-state index in [9.17, 15) is 9.59 Å². The topological polar surface area (TPSA) is 116 Å². The molecule has 2 aromatic heterocycles. The van der Waals surface area contributed by atoms with E-state index >= 15 is 0 Å². The van der Waals surface area contributed by atoms with Crippen LogP contribution in [0.25, 0.3) is 5.78 Å². The quantitative estimate of drug-likeness (QED) is 0.773. The molecule has 2 atom stereocenters. The van der Waals surface area contributed by atoms with Crippen LogP contribution in [0.4, 0.5) is 5.95 Å². The zero-order valence-electron chi connectivity index (χ0n) is 16.9. The van der Waals surface area contributed by atoms with Crippen LogP contribution >= 0.6 is 0 Å². The molecule has 28 heavy (non-hydrogen) atoms. The zero-order valence-corrected chi connectivity index (χ0v) is 16.9. The Morgan fingerprint density at radius 3 is 2.54 bits per heavy atom. The van der Waals surface area contributed by atoms with Crippen LogP contribution in [0.5, 0.6) is 0 Å². The molecule has 0 saturated carbocycles. The summed E-state index contributed by atoms with van der Waals surface area (Å²) >= 11 is 0. The largest absolute Gasteiger partial charge is 0.456 e. The van der Waals surface area contributed by atoms with Gasteiger partial charge in [-0.1, -0.05) is 0 Å². The van der Waals surface area contributed by atoms with Crippen molar-refractivity contribution < 1.29 is 14.3 Å². The van der Waals surface area contributed by atoms with Gasteiger partial charge in [0.05, 0.1) is 0 Å². The fourth-order valence-electron chi connectivity index (χ4n) is 4.01. The number of nitrogens with two attached hydrogens (primary N) is 1. The van der Waals surface area contributed by atoms with Crippen molar-refractivity contribution in [3.63, 3.8) is 0 Å². The molecule has 2 aromatic rings. The summed E-state index contributed by atoms with van der Waals surface area (Å²) in [4.78, 5) is 34.9. The lowest BCUT2D eigenvalue weighted by atomic mass is 9.97. The number of ether oxygens (including phenoxy) is 1. The van der Waals surface area contributed by atoms with Crippen LogP contribution in [-0.4, -0.2) is 55.0 Å². The number of carbonyl (C=O) groups excluding carboxylic acids is 2. The second-order valence-electron chi connectivity index (χ2n) is 7.53. The van der Waals surface area contributed by atoms with Gasteiger partial charge in [-0.2, -0.15) is 9.50 Å². The minimum Gasteiger partial charge on any atom is -0.456 e. The zero-order chi connectivity index (χ0) is 20.4. The van der Waals surface area contributed by atoms with Gasteiger partial charge in [0.1, 0.15) is 0 Å². The lowest BCUT2D eigenvalue weighted by Gasteiger charge is -2.38. The summed E-state index contributed by atoms with van der Waals surface area (Å²) in [5.41, 5.74) is 8.15. The maximum atomic E-state index is 12.5. The average Bonchev–Trinajstić information content (AvgIpc) is 3.00. The summed E-state index contributed by atoms with van der Waals surface area (Å²) in [6.45, 7) is 7.63. The fraction of sp³-hybridized carbons (Fsp3) is 0.632. The third kappa shape index (κ3) is 4.07. The number of aryl methyl sites for hydroxylation is 2. The molecule has 0 unspecified atom stereocenters. The highest BCUT2D eigenvalue weighted by Crippen LogP contribution is 2.22. The molecule has 1 aliphatic heterocycles. The van der Waals surface area contributed by atoms with Gasteiger partial charge >= 0.3 is 5.97 Å². The van der Waals surface area contributed by atoms with Gasteiger partial charge in [-0.15, -0.1) is 5.10 Å². The van der Waals surface area contributed by atoms with Crippen LogP contribution in [0.15, 0.2) is 0 Å². The fourth-order valence-corrected chi connectivity index (χ4v) is 4.01. The van der Waals surface area contributed by atoms with Crippen LogP contribution in [0, 0.1) is 13.8 Å². The SMILES string of the molecule is Cc1nc2nc(N)nn2c(C)c1CCC(=O)OCC(=O)N1[C@H](C)CCC[C@H]1C. The number of nitrogen functional groups attached to an aromatic ring is 1. The van der Waals surface area contributed by atoms with Gasteiger partial charge in [0.25, 0.3) is 11.7 Å². The number of nitrogens with zero attached hydrogens (tertiary/aromatic N) is 5. The molecule has 0 aliphatic carbocycles. The number of carbonyl (C=O) groups is 2. The number of likely N-dealkylation sites (tertiary alicyclic amines) is 1. The first kappa shape index (κ1) is 20.0. The van der Waals surface area contributed by atoms with Gasteiger partial charge in [-0.05, 0) is 58.9 Å². The third-order valence-electron chi connectivity index (χ3n) is 5.48. The number of hydrogen-bond donors (Lipinski definition) is 1. The number of aromatic nitrogens is 4. The number of esters is 1. The highest BCUT2D eigenvalue weighted by molar-refractivity contribution is 5.81. The van der Waals surface area contributed by atoms with Crippen molar-refractivity contribution in [2.75, 3.05) is 12.3 Å². The summed E-state index contributed by atoms with van der Waals surface area (Å²) in [6.07, 6.45) is 3.72. The Hall–Kier alpha value is -2.71. The Balaban J connectivity index is 1.57. The van der Waals surface area contributed by atoms with E-state index in [4.69, 9.17) is 10.5 Å². The molecule has 9 heteroatoms. The van der Waals surface area contributed by atoms with Gasteiger partial charge in [-0.3, -0.25) is 9.59 Å². The van der Waals surface area contributed by atoms with Crippen molar-refractivity contribution >= 4 is 23.6 Å². The van der Waals surface area contributed by atoms with E-state index in [-0.39, 0.29) is 37.0 Å². The van der Waals surface area contributed by atoms with Crippen LogP contribution in [0.1, 0.15) is 56.5 Å². The molecule has 9 nitrogen and oxygen atoms in total. The molecule has 0 aromatic carbocycles. The molecule has 1 saturated heterocycles. The maximum Gasteiger partial charge on any atom is 0.306 e. The Morgan fingerprint density at radius 1 is 1.18 bits per heavy atom. The molecule has 152 valence electrons. The van der Waals surface area contributed by atoms with Crippen LogP contribution in [-0.2, 0) is 20.7 Å². The van der Waals surface area contributed by atoms with Crippen molar-refractivity contribution in [1.82, 2.24) is 24.5 Å². The van der Waals surface area contributed by atoms with Crippen LogP contribution in [0.3, 0.4) is 0 Å². The van der Waals surface area contributed by atoms with Crippen molar-refractivity contribution in [1.29, 1.82) is 0 Å². The lowest BCUT2D eigenvalue weighted by Crippen LogP contribution is -2.49. The first-order valence-electron chi connectivity index (χ1n) is 9.73. The average molecular weight is 388 g/mol. The number of rotatable bonds is 5. The van der Waals surface area contributed by atoms with E-state index in [2.05, 4.69) is 15.1 Å². The maximum absolute atomic E-state index is 12.5. The van der Waals surface area contributed by atoms with E-state index in [1.54, 1.807) is 4.52 Å². The summed E-state index contributed by atoms with van der Waals surface area (Å²) in [6, 6.07) is 0.376. The summed E-state index contributed by atoms with van der Waals surface area (Å²) < 4.78 is 6.82. The standard InChI is InChI=1S/C19H28N6O3/c1-11-6-5-7-12(2)24(11)16(26)10-28-17(27)9-8-15-13(3)21-19-22-18(20)23-25(19)14(15)4/h11-12H,5-10H2,1-4H3,(H2,20,23)/t11-,12-/m1/s1. The number of anilines is 1. The van der Waals surface area contributed by atoms with Crippen LogP contribution < -0.4 is 5.73 Å². The van der Waals surface area contributed by atoms with E-state index in [0.29, 0.717) is 12.2 Å². The highest BCUT2D eigenvalue weighted by Gasteiger charge is 2.29. The second-order valence-corrected chi connectivity index (χ2v) is 7.53. The van der Waals surface area contributed by atoms with Crippen molar-refractivity contribution in [2.24, 2.45) is 0 Å². The molecular formula is C19H28N6O3. The van der Waals surface area contributed by atoms with Gasteiger partial charge < -0.3 is 15.4 Å². The highest BCUT2D eigenvalue weighted by atomic mass is 16.5. The molecule has 1 aliphatic rings. The third-order valence-corrected chi connectivity index (χ3v) is 5.48. The molecule has 0 bridgehead atoms. The lowest BCUT2D eigenvalue weighted by molar-refractivity contribution is -0.154. The van der Waals surface area contributed by atoms with E-state index in [1.165, 1.54) is 0 Å². The van der Waals surface area contributed by atoms with Crippen molar-refractivity contribution in [2.45, 2.75) is 71.9 Å². The summed E-state index contributed by atoms with van der Waals surface area (Å²) in [5, 5.41) is 4.12. The Labute approximate surface area is 164 Å². The van der Waals surface area contributed by atoms with Gasteiger partial charge in [0, 0.05) is 29.9 Å². The Kier molecular flexibility index (Phi) is 5.81. The first-order valence-corrected chi connectivity index (χ1v) is 9.73. The monoisotopic (exact) mass is 388 g/mol. The summed E-state index contributed by atoms with van der Waals surface area (Å²) in [7, 11) is 0. The number of hydrogen-bond acceptors (Lipinski definition) is 7. The van der Waals surface area contributed by atoms with Crippen molar-refractivity contribution in [3.05, 3.63) is 17.0 Å². The molecule has 0 spiro atoms. The first-order chi connectivity index (χ1) is 13.3.